The Kier molecular flexibility index (Phi) is 3.89. The Hall–Kier alpha value is -2.24. The number of hydrogen-bond acceptors (Lipinski definition) is 4. The number of rotatable bonds is 3. The first-order chi connectivity index (χ1) is 9.15. The number of amides is 2. The maximum atomic E-state index is 12.4. The molecular weight excluding hydrogens is 246 g/mol. The van der Waals surface area contributed by atoms with Gasteiger partial charge in [0.05, 0.1) is 12.7 Å². The van der Waals surface area contributed by atoms with Crippen LogP contribution in [0.15, 0.2) is 18.2 Å². The largest absolute Gasteiger partial charge is 0.496 e. The predicted molar refractivity (Wildman–Crippen MR) is 70.9 cm³/mol. The van der Waals surface area contributed by atoms with E-state index in [9.17, 15) is 9.59 Å². The van der Waals surface area contributed by atoms with E-state index in [4.69, 9.17) is 10.5 Å². The first-order valence-electron chi connectivity index (χ1n) is 6.08. The van der Waals surface area contributed by atoms with Crippen molar-refractivity contribution in [3.8, 4) is 5.75 Å². The van der Waals surface area contributed by atoms with E-state index in [1.165, 1.54) is 7.11 Å². The Morgan fingerprint density at radius 1 is 1.32 bits per heavy atom. The third-order valence-electron chi connectivity index (χ3n) is 3.20. The van der Waals surface area contributed by atoms with Crippen molar-refractivity contribution in [2.45, 2.75) is 0 Å². The van der Waals surface area contributed by atoms with Crippen molar-refractivity contribution in [2.24, 2.45) is 0 Å². The minimum atomic E-state index is -0.116. The molecule has 0 spiro atoms. The van der Waals surface area contributed by atoms with Gasteiger partial charge in [0.2, 0.25) is 6.41 Å². The van der Waals surface area contributed by atoms with Gasteiger partial charge in [-0.2, -0.15) is 0 Å². The van der Waals surface area contributed by atoms with E-state index >= 15 is 0 Å². The quantitative estimate of drug-likeness (QED) is 0.624. The van der Waals surface area contributed by atoms with Crippen molar-refractivity contribution in [2.75, 3.05) is 39.0 Å². The second-order valence-electron chi connectivity index (χ2n) is 4.39. The highest BCUT2D eigenvalue weighted by Gasteiger charge is 2.23. The lowest BCUT2D eigenvalue weighted by molar-refractivity contribution is -0.119. The van der Waals surface area contributed by atoms with E-state index in [1.807, 2.05) is 0 Å². The van der Waals surface area contributed by atoms with Crippen LogP contribution < -0.4 is 10.5 Å². The van der Waals surface area contributed by atoms with Gasteiger partial charge in [0.25, 0.3) is 5.91 Å². The molecule has 0 atom stereocenters. The second-order valence-corrected chi connectivity index (χ2v) is 4.39. The molecule has 1 aromatic rings. The van der Waals surface area contributed by atoms with Crippen LogP contribution in [0.25, 0.3) is 0 Å². The summed E-state index contributed by atoms with van der Waals surface area (Å²) in [7, 11) is 1.52. The van der Waals surface area contributed by atoms with Crippen LogP contribution in [0, 0.1) is 0 Å². The molecule has 1 fully saturated rings. The SMILES string of the molecule is COc1ccc(N)cc1C(=O)N1CCN(C=O)CC1. The van der Waals surface area contributed by atoms with E-state index < -0.39 is 0 Å². The maximum absolute atomic E-state index is 12.4. The van der Waals surface area contributed by atoms with Gasteiger partial charge < -0.3 is 20.3 Å². The Morgan fingerprint density at radius 2 is 2.00 bits per heavy atom. The van der Waals surface area contributed by atoms with E-state index in [0.29, 0.717) is 43.2 Å². The maximum Gasteiger partial charge on any atom is 0.257 e. The van der Waals surface area contributed by atoms with Crippen LogP contribution in [0.1, 0.15) is 10.4 Å². The fourth-order valence-corrected chi connectivity index (χ4v) is 2.09. The van der Waals surface area contributed by atoms with Gasteiger partial charge in [-0.15, -0.1) is 0 Å². The molecule has 19 heavy (non-hydrogen) atoms. The number of ether oxygens (including phenoxy) is 1. The third-order valence-corrected chi connectivity index (χ3v) is 3.20. The van der Waals surface area contributed by atoms with E-state index in [-0.39, 0.29) is 5.91 Å². The van der Waals surface area contributed by atoms with Crippen LogP contribution in [0.3, 0.4) is 0 Å². The van der Waals surface area contributed by atoms with Crippen molar-refractivity contribution in [3.05, 3.63) is 23.8 Å². The van der Waals surface area contributed by atoms with E-state index in [0.717, 1.165) is 6.41 Å². The fraction of sp³-hybridized carbons (Fsp3) is 0.385. The Balaban J connectivity index is 2.16. The summed E-state index contributed by atoms with van der Waals surface area (Å²) in [5, 5.41) is 0. The first kappa shape index (κ1) is 13.2. The molecule has 0 unspecified atom stereocenters. The van der Waals surface area contributed by atoms with Crippen LogP contribution >= 0.6 is 0 Å². The van der Waals surface area contributed by atoms with Gasteiger partial charge in [0.1, 0.15) is 5.75 Å². The lowest BCUT2D eigenvalue weighted by Crippen LogP contribution is -2.48. The molecule has 6 nitrogen and oxygen atoms in total. The zero-order chi connectivity index (χ0) is 13.8. The average molecular weight is 263 g/mol. The van der Waals surface area contributed by atoms with Crippen molar-refractivity contribution >= 4 is 18.0 Å². The number of nitrogens with two attached hydrogens (primary N) is 1. The minimum Gasteiger partial charge on any atom is -0.496 e. The number of piperazine rings is 1. The Morgan fingerprint density at radius 3 is 2.58 bits per heavy atom. The van der Waals surface area contributed by atoms with Gasteiger partial charge in [-0.1, -0.05) is 0 Å². The van der Waals surface area contributed by atoms with Crippen LogP contribution in [-0.4, -0.2) is 55.4 Å². The van der Waals surface area contributed by atoms with Gasteiger partial charge in [0, 0.05) is 31.9 Å². The van der Waals surface area contributed by atoms with Gasteiger partial charge in [-0.25, -0.2) is 0 Å². The van der Waals surface area contributed by atoms with E-state index in [2.05, 4.69) is 0 Å². The number of nitrogen functional groups attached to an aromatic ring is 1. The molecule has 2 amide bonds. The highest BCUT2D eigenvalue weighted by molar-refractivity contribution is 5.98. The zero-order valence-electron chi connectivity index (χ0n) is 10.8. The summed E-state index contributed by atoms with van der Waals surface area (Å²) in [6, 6.07) is 5.00. The molecule has 1 aromatic carbocycles. The molecule has 0 radical (unpaired) electrons. The smallest absolute Gasteiger partial charge is 0.257 e. The van der Waals surface area contributed by atoms with E-state index in [1.54, 1.807) is 28.0 Å². The summed E-state index contributed by atoms with van der Waals surface area (Å²) in [5.74, 6) is 0.395. The van der Waals surface area contributed by atoms with Crippen LogP contribution in [-0.2, 0) is 4.79 Å². The molecule has 0 aliphatic carbocycles. The van der Waals surface area contributed by atoms with Gasteiger partial charge in [0.15, 0.2) is 0 Å². The zero-order valence-corrected chi connectivity index (χ0v) is 10.8. The van der Waals surface area contributed by atoms with Crippen molar-refractivity contribution in [3.63, 3.8) is 0 Å². The van der Waals surface area contributed by atoms with Gasteiger partial charge >= 0.3 is 0 Å². The topological polar surface area (TPSA) is 75.9 Å². The molecule has 6 heteroatoms. The number of methoxy groups -OCH3 is 1. The summed E-state index contributed by atoms with van der Waals surface area (Å²) in [6.07, 6.45) is 0.808. The number of anilines is 1. The van der Waals surface area contributed by atoms with Crippen LogP contribution in [0.2, 0.25) is 0 Å². The third kappa shape index (κ3) is 2.78. The molecule has 1 saturated heterocycles. The molecule has 1 heterocycles. The number of benzene rings is 1. The minimum absolute atomic E-state index is 0.116. The fourth-order valence-electron chi connectivity index (χ4n) is 2.09. The highest BCUT2D eigenvalue weighted by Crippen LogP contribution is 2.23. The highest BCUT2D eigenvalue weighted by atomic mass is 16.5. The van der Waals surface area contributed by atoms with Gasteiger partial charge in [-0.3, -0.25) is 9.59 Å². The molecule has 1 aliphatic heterocycles. The molecule has 0 aromatic heterocycles. The number of hydrogen-bond donors (Lipinski definition) is 1. The summed E-state index contributed by atoms with van der Waals surface area (Å²) in [4.78, 5) is 26.4. The lowest BCUT2D eigenvalue weighted by atomic mass is 10.1. The molecular formula is C13H17N3O3. The van der Waals surface area contributed by atoms with Crippen LogP contribution in [0.5, 0.6) is 5.75 Å². The molecule has 102 valence electrons. The number of carbonyl (C=O) groups is 2. The Bertz CT molecular complexity index is 482. The summed E-state index contributed by atoms with van der Waals surface area (Å²) >= 11 is 0. The summed E-state index contributed by atoms with van der Waals surface area (Å²) in [5.41, 5.74) is 6.70. The molecule has 1 aliphatic rings. The molecule has 2 rings (SSSR count). The molecule has 2 N–H and O–H groups in total. The number of carbonyl (C=O) groups excluding carboxylic acids is 2. The average Bonchev–Trinajstić information content (AvgIpc) is 2.46. The van der Waals surface area contributed by atoms with Crippen LogP contribution in [0.4, 0.5) is 5.69 Å². The van der Waals surface area contributed by atoms with Gasteiger partial charge in [-0.05, 0) is 18.2 Å². The first-order valence-corrected chi connectivity index (χ1v) is 6.08. The standard InChI is InChI=1S/C13H17N3O3/c1-19-12-3-2-10(14)8-11(12)13(18)16-6-4-15(9-17)5-7-16/h2-3,8-9H,4-7,14H2,1H3. The van der Waals surface area contributed by atoms with Crippen molar-refractivity contribution in [1.82, 2.24) is 9.80 Å². The predicted octanol–water partition coefficient (Wildman–Crippen LogP) is 0.192. The molecule has 0 saturated carbocycles. The van der Waals surface area contributed by atoms with Crippen molar-refractivity contribution < 1.29 is 14.3 Å². The summed E-state index contributed by atoms with van der Waals surface area (Å²) in [6.45, 7) is 2.16. The lowest BCUT2D eigenvalue weighted by Gasteiger charge is -2.32. The number of nitrogens with zero attached hydrogens (tertiary/aromatic N) is 2. The van der Waals surface area contributed by atoms with Crippen molar-refractivity contribution in [1.29, 1.82) is 0 Å². The molecule has 0 bridgehead atoms. The monoisotopic (exact) mass is 263 g/mol. The Labute approximate surface area is 111 Å². The summed E-state index contributed by atoms with van der Waals surface area (Å²) < 4.78 is 5.18. The normalized spacial score (nSPS) is 15.2. The second kappa shape index (κ2) is 5.60.